The van der Waals surface area contributed by atoms with Crippen LogP contribution >= 0.6 is 0 Å². The van der Waals surface area contributed by atoms with Gasteiger partial charge < -0.3 is 19.8 Å². The van der Waals surface area contributed by atoms with Crippen molar-refractivity contribution in [3.8, 4) is 11.1 Å². The average Bonchev–Trinajstić information content (AvgIpc) is 3.12. The molecule has 6 aromatic carbocycles. The van der Waals surface area contributed by atoms with Gasteiger partial charge in [-0.2, -0.15) is 9.13 Å². The summed E-state index contributed by atoms with van der Waals surface area (Å²) in [5, 5.41) is 27.2. The summed E-state index contributed by atoms with van der Waals surface area (Å²) in [7, 11) is 0. The molecule has 0 unspecified atom stereocenters. The van der Waals surface area contributed by atoms with Gasteiger partial charge in [-0.15, -0.1) is 0 Å². The van der Waals surface area contributed by atoms with Crippen molar-refractivity contribution in [1.82, 2.24) is 0 Å². The number of aromatic nitrogens is 2. The largest absolute Gasteiger partial charge is 0.545 e. The lowest BCUT2D eigenvalue weighted by Gasteiger charge is -2.16. The molecule has 2 aromatic heterocycles. The molecule has 0 saturated carbocycles. The van der Waals surface area contributed by atoms with Crippen LogP contribution in [0.3, 0.4) is 0 Å². The highest BCUT2D eigenvalue weighted by molar-refractivity contribution is 6.18. The van der Waals surface area contributed by atoms with E-state index in [-0.39, 0.29) is 11.1 Å². The molecule has 0 atom stereocenters. The summed E-state index contributed by atoms with van der Waals surface area (Å²) in [5.74, 6) is -2.38. The van der Waals surface area contributed by atoms with E-state index in [4.69, 9.17) is 0 Å². The van der Waals surface area contributed by atoms with Crippen LogP contribution in [0.5, 0.6) is 0 Å². The second kappa shape index (κ2) is 11.8. The number of nitrogens with zero attached hydrogens (tertiary/aromatic N) is 2. The zero-order valence-corrected chi connectivity index (χ0v) is 25.8. The molecule has 0 aliphatic heterocycles. The molecule has 2 heterocycles. The normalized spacial score (nSPS) is 11.4. The molecule has 0 amide bonds. The summed E-state index contributed by atoms with van der Waals surface area (Å²) in [6.07, 6.45) is 0. The van der Waals surface area contributed by atoms with E-state index in [1.165, 1.54) is 0 Å². The Kier molecular flexibility index (Phi) is 7.11. The van der Waals surface area contributed by atoms with Crippen molar-refractivity contribution in [2.24, 2.45) is 0 Å². The van der Waals surface area contributed by atoms with Gasteiger partial charge in [0.2, 0.25) is 22.1 Å². The van der Waals surface area contributed by atoms with Gasteiger partial charge in [-0.1, -0.05) is 97.1 Å². The van der Waals surface area contributed by atoms with Gasteiger partial charge in [0.05, 0.1) is 33.5 Å². The summed E-state index contributed by atoms with van der Waals surface area (Å²) < 4.78 is 4.60. The van der Waals surface area contributed by atoms with Crippen molar-refractivity contribution in [1.29, 1.82) is 0 Å². The Labute approximate surface area is 276 Å². The van der Waals surface area contributed by atoms with Gasteiger partial charge in [0, 0.05) is 46.5 Å². The number of fused-ring (bicyclic) bond motifs is 4. The minimum Gasteiger partial charge on any atom is -0.545 e. The number of pyridine rings is 2. The Bertz CT molecular complexity index is 2260. The van der Waals surface area contributed by atoms with Crippen molar-refractivity contribution in [2.75, 3.05) is 0 Å². The molecule has 230 valence electrons. The molecular formula is C42H28N2O4. The van der Waals surface area contributed by atoms with Crippen molar-refractivity contribution >= 4 is 55.6 Å². The van der Waals surface area contributed by atoms with Crippen molar-refractivity contribution in [3.05, 3.63) is 168 Å². The molecular weight excluding hydrogens is 596 g/mol. The third kappa shape index (κ3) is 4.91. The summed E-state index contributed by atoms with van der Waals surface area (Å²) >= 11 is 0. The third-order valence-electron chi connectivity index (χ3n) is 9.17. The van der Waals surface area contributed by atoms with E-state index in [1.54, 1.807) is 24.3 Å². The van der Waals surface area contributed by atoms with Crippen LogP contribution in [0.15, 0.2) is 146 Å². The van der Waals surface area contributed by atoms with Crippen LogP contribution in [0.1, 0.15) is 31.8 Å². The van der Waals surface area contributed by atoms with Crippen LogP contribution in [-0.2, 0) is 13.1 Å². The maximum absolute atomic E-state index is 11.4. The Morgan fingerprint density at radius 2 is 0.667 bits per heavy atom. The van der Waals surface area contributed by atoms with Crippen molar-refractivity contribution < 1.29 is 28.9 Å². The van der Waals surface area contributed by atoms with Crippen LogP contribution < -0.4 is 19.3 Å². The van der Waals surface area contributed by atoms with E-state index in [2.05, 4.69) is 106 Å². The standard InChI is InChI=1S/C42H28N2O4/c45-41(46)29-21-17-27(18-22-29)25-43-35-13-5-1-9-31(35)39(32-10-2-6-14-36(32)43)40-33-11-3-7-15-37(33)44(38-16-8-4-12-34(38)40)26-28-19-23-30(24-20-28)42(47)48/h1-24H,25-26H2. The van der Waals surface area contributed by atoms with Gasteiger partial charge in [0.25, 0.3) is 0 Å². The van der Waals surface area contributed by atoms with E-state index in [0.29, 0.717) is 13.1 Å². The Hall–Kier alpha value is -6.40. The average molecular weight is 625 g/mol. The van der Waals surface area contributed by atoms with Gasteiger partial charge in [-0.3, -0.25) is 0 Å². The predicted octanol–water partition coefficient (Wildman–Crippen LogP) is 5.37. The minimum absolute atomic E-state index is 0.156. The third-order valence-corrected chi connectivity index (χ3v) is 9.17. The summed E-state index contributed by atoms with van der Waals surface area (Å²) in [6.45, 7) is 1.11. The molecule has 0 N–H and O–H groups in total. The number of carbonyl (C=O) groups excluding carboxylic acids is 2. The molecule has 0 saturated heterocycles. The number of carbonyl (C=O) groups is 2. The first-order chi connectivity index (χ1) is 23.5. The fourth-order valence-corrected chi connectivity index (χ4v) is 6.97. The molecule has 6 nitrogen and oxygen atoms in total. The zero-order chi connectivity index (χ0) is 32.8. The molecule has 8 aromatic rings. The highest BCUT2D eigenvalue weighted by Gasteiger charge is 2.27. The van der Waals surface area contributed by atoms with Gasteiger partial charge >= 0.3 is 0 Å². The van der Waals surface area contributed by atoms with Crippen LogP contribution in [0, 0.1) is 0 Å². The van der Waals surface area contributed by atoms with Crippen LogP contribution in [-0.4, -0.2) is 11.9 Å². The van der Waals surface area contributed by atoms with Gasteiger partial charge in [-0.25, -0.2) is 0 Å². The van der Waals surface area contributed by atoms with Crippen molar-refractivity contribution in [2.45, 2.75) is 13.1 Å². The van der Waals surface area contributed by atoms with Crippen LogP contribution in [0.4, 0.5) is 0 Å². The maximum atomic E-state index is 11.4. The van der Waals surface area contributed by atoms with Crippen molar-refractivity contribution in [3.63, 3.8) is 0 Å². The number of benzene rings is 6. The molecule has 0 bridgehead atoms. The summed E-state index contributed by atoms with van der Waals surface area (Å²) in [5.41, 5.74) is 8.81. The number of carboxylic acid groups (broad SMARTS) is 2. The Morgan fingerprint density at radius 3 is 0.938 bits per heavy atom. The lowest BCUT2D eigenvalue weighted by atomic mass is 9.90. The van der Waals surface area contributed by atoms with Crippen LogP contribution in [0.2, 0.25) is 0 Å². The molecule has 0 aliphatic carbocycles. The van der Waals surface area contributed by atoms with E-state index < -0.39 is 11.9 Å². The van der Waals surface area contributed by atoms with Gasteiger partial charge in [-0.05, 0) is 35.4 Å². The lowest BCUT2D eigenvalue weighted by Crippen LogP contribution is -2.37. The van der Waals surface area contributed by atoms with Crippen LogP contribution in [0.25, 0.3) is 54.7 Å². The second-order valence-electron chi connectivity index (χ2n) is 12.0. The second-order valence-corrected chi connectivity index (χ2v) is 12.0. The lowest BCUT2D eigenvalue weighted by molar-refractivity contribution is -0.636. The quantitative estimate of drug-likeness (QED) is 0.176. The van der Waals surface area contributed by atoms with Gasteiger partial charge in [0.15, 0.2) is 13.1 Å². The first-order valence-corrected chi connectivity index (χ1v) is 15.8. The number of para-hydroxylation sites is 4. The summed E-state index contributed by atoms with van der Waals surface area (Å²) in [6, 6.07) is 47.6. The van der Waals surface area contributed by atoms with Gasteiger partial charge in [0.1, 0.15) is 0 Å². The number of hydrogen-bond acceptors (Lipinski definition) is 4. The molecule has 6 heteroatoms. The van der Waals surface area contributed by atoms with E-state index in [1.807, 2.05) is 24.3 Å². The Balaban J connectivity index is 1.40. The topological polar surface area (TPSA) is 88.0 Å². The minimum atomic E-state index is -1.19. The molecule has 0 spiro atoms. The predicted molar refractivity (Wildman–Crippen MR) is 182 cm³/mol. The molecule has 0 radical (unpaired) electrons. The SMILES string of the molecule is O=C([O-])c1ccc(C[n+]2c3ccccc3c(-c3c4ccccc4[n+](Cc4ccc(C(=O)[O-])cc4)c4ccccc34)c3ccccc32)cc1. The highest BCUT2D eigenvalue weighted by atomic mass is 16.4. The Morgan fingerprint density at radius 1 is 0.396 bits per heavy atom. The monoisotopic (exact) mass is 624 g/mol. The fourth-order valence-electron chi connectivity index (χ4n) is 6.97. The number of rotatable bonds is 7. The number of aromatic carboxylic acids is 2. The first kappa shape index (κ1) is 29.0. The van der Waals surface area contributed by atoms with E-state index in [9.17, 15) is 19.8 Å². The zero-order valence-electron chi connectivity index (χ0n) is 25.8. The van der Waals surface area contributed by atoms with E-state index in [0.717, 1.165) is 65.9 Å². The fraction of sp³-hybridized carbons (Fsp3) is 0.0476. The highest BCUT2D eigenvalue weighted by Crippen LogP contribution is 2.41. The number of carboxylic acids is 2. The van der Waals surface area contributed by atoms with E-state index >= 15 is 0 Å². The summed E-state index contributed by atoms with van der Waals surface area (Å²) in [4.78, 5) is 22.8. The molecule has 8 rings (SSSR count). The molecule has 0 aliphatic rings. The smallest absolute Gasteiger partial charge is 0.213 e. The first-order valence-electron chi connectivity index (χ1n) is 15.8. The molecule has 0 fully saturated rings. The maximum Gasteiger partial charge on any atom is 0.213 e. The molecule has 48 heavy (non-hydrogen) atoms. The number of hydrogen-bond donors (Lipinski definition) is 0.